The molecule has 0 aliphatic rings. The van der Waals surface area contributed by atoms with Crippen LogP contribution in [0.2, 0.25) is 0 Å². The van der Waals surface area contributed by atoms with Crippen LogP contribution in [0.3, 0.4) is 0 Å². The molecule has 0 saturated carbocycles. The number of benzene rings is 1. The Labute approximate surface area is 166 Å². The highest BCUT2D eigenvalue weighted by Gasteiger charge is 2.30. The number of nitrogens with zero attached hydrogens (tertiary/aromatic N) is 3. The predicted molar refractivity (Wildman–Crippen MR) is 103 cm³/mol. The summed E-state index contributed by atoms with van der Waals surface area (Å²) in [7, 11) is -2.63. The molecular formula is C18H17N3O5S2. The van der Waals surface area contributed by atoms with E-state index in [2.05, 4.69) is 15.0 Å². The zero-order valence-corrected chi connectivity index (χ0v) is 17.0. The van der Waals surface area contributed by atoms with Gasteiger partial charge >= 0.3 is 5.97 Å². The van der Waals surface area contributed by atoms with Gasteiger partial charge in [-0.15, -0.1) is 11.3 Å². The molecule has 0 radical (unpaired) electrons. The van der Waals surface area contributed by atoms with Gasteiger partial charge in [-0.2, -0.15) is 15.5 Å². The normalized spacial score (nSPS) is 12.7. The number of hydrogen-bond donors (Lipinski definition) is 0. The number of methoxy groups -OCH3 is 1. The molecule has 0 amide bonds. The van der Waals surface area contributed by atoms with Gasteiger partial charge in [0.2, 0.25) is 11.8 Å². The van der Waals surface area contributed by atoms with Gasteiger partial charge in [0.1, 0.15) is 15.5 Å². The van der Waals surface area contributed by atoms with Gasteiger partial charge in [0.15, 0.2) is 9.84 Å². The van der Waals surface area contributed by atoms with Crippen LogP contribution in [0.15, 0.2) is 50.8 Å². The molecule has 8 nitrogen and oxygen atoms in total. The van der Waals surface area contributed by atoms with Crippen LogP contribution in [0.25, 0.3) is 0 Å². The van der Waals surface area contributed by atoms with Crippen LogP contribution < -0.4 is 0 Å². The van der Waals surface area contributed by atoms with Gasteiger partial charge in [-0.05, 0) is 13.8 Å². The molecule has 1 unspecified atom stereocenters. The third-order valence-corrected chi connectivity index (χ3v) is 7.00. The third kappa shape index (κ3) is 4.32. The fraction of sp³-hybridized carbons (Fsp3) is 0.278. The van der Waals surface area contributed by atoms with Gasteiger partial charge in [-0.3, -0.25) is 4.79 Å². The van der Waals surface area contributed by atoms with Crippen LogP contribution in [0.5, 0.6) is 0 Å². The van der Waals surface area contributed by atoms with E-state index in [0.29, 0.717) is 0 Å². The topological polar surface area (TPSA) is 126 Å². The summed E-state index contributed by atoms with van der Waals surface area (Å²) in [4.78, 5) is 24.1. The number of azo groups is 1. The number of rotatable bonds is 7. The SMILES string of the molecule is COC(=O)c1scc(S(=O)(=O)C(C)C)c1N=NC(C#N)C(=O)c1ccccc1. The van der Waals surface area contributed by atoms with Gasteiger partial charge in [-0.25, -0.2) is 13.2 Å². The van der Waals surface area contributed by atoms with Crippen LogP contribution in [-0.2, 0) is 14.6 Å². The highest BCUT2D eigenvalue weighted by molar-refractivity contribution is 7.92. The van der Waals surface area contributed by atoms with Crippen molar-refractivity contribution in [2.45, 2.75) is 30.0 Å². The molecule has 0 fully saturated rings. The Morgan fingerprint density at radius 3 is 2.39 bits per heavy atom. The zero-order chi connectivity index (χ0) is 20.9. The minimum absolute atomic E-state index is 0.0747. The number of thiophene rings is 1. The summed E-state index contributed by atoms with van der Waals surface area (Å²) >= 11 is 0.842. The Bertz CT molecular complexity index is 1050. The molecule has 1 aromatic heterocycles. The first-order chi connectivity index (χ1) is 13.2. The maximum atomic E-state index is 12.6. The number of nitriles is 1. The standard InChI is InChI=1S/C18H17N3O5S2/c1-11(2)28(24,25)14-10-27-17(18(23)26-3)15(14)21-20-13(9-19)16(22)12-7-5-4-6-8-12/h4-8,10-11,13H,1-3H3. The van der Waals surface area contributed by atoms with Crippen molar-refractivity contribution in [1.29, 1.82) is 5.26 Å². The van der Waals surface area contributed by atoms with Crippen molar-refractivity contribution >= 4 is 38.6 Å². The van der Waals surface area contributed by atoms with E-state index < -0.39 is 32.9 Å². The molecule has 0 aliphatic heterocycles. The summed E-state index contributed by atoms with van der Waals surface area (Å²) < 4.78 is 29.8. The third-order valence-electron chi connectivity index (χ3n) is 3.73. The number of carbonyl (C=O) groups excluding carboxylic acids is 2. The lowest BCUT2D eigenvalue weighted by atomic mass is 10.1. The number of Topliss-reactive ketones (excluding diaryl/α,β-unsaturated/α-hetero) is 1. The fourth-order valence-electron chi connectivity index (χ4n) is 2.14. The summed E-state index contributed by atoms with van der Waals surface area (Å²) in [5, 5.41) is 17.3. The molecule has 1 aromatic carbocycles. The number of hydrogen-bond acceptors (Lipinski definition) is 9. The highest BCUT2D eigenvalue weighted by atomic mass is 32.2. The molecule has 2 aromatic rings. The molecule has 28 heavy (non-hydrogen) atoms. The molecule has 1 atom stereocenters. The first-order valence-corrected chi connectivity index (χ1v) is 10.5. The van der Waals surface area contributed by atoms with E-state index in [1.807, 2.05) is 0 Å². The lowest BCUT2D eigenvalue weighted by molar-refractivity contribution is 0.0607. The molecule has 0 aliphatic carbocycles. The maximum Gasteiger partial charge on any atom is 0.350 e. The Hall–Kier alpha value is -2.90. The maximum absolute atomic E-state index is 12.6. The van der Waals surface area contributed by atoms with Crippen molar-refractivity contribution in [2.24, 2.45) is 10.2 Å². The number of carbonyl (C=O) groups is 2. The van der Waals surface area contributed by atoms with Crippen LogP contribution in [-0.4, -0.2) is 38.6 Å². The number of ketones is 1. The van der Waals surface area contributed by atoms with Crippen molar-refractivity contribution in [3.63, 3.8) is 0 Å². The number of ether oxygens (including phenoxy) is 1. The molecule has 10 heteroatoms. The summed E-state index contributed by atoms with van der Waals surface area (Å²) in [6.07, 6.45) is 0. The Balaban J connectivity index is 2.51. The van der Waals surface area contributed by atoms with E-state index in [0.717, 1.165) is 18.4 Å². The van der Waals surface area contributed by atoms with Crippen molar-refractivity contribution < 1.29 is 22.7 Å². The second-order valence-corrected chi connectivity index (χ2v) is 9.19. The van der Waals surface area contributed by atoms with Gasteiger partial charge in [0, 0.05) is 10.9 Å². The molecule has 0 spiro atoms. The average Bonchev–Trinajstić information content (AvgIpc) is 3.12. The molecular weight excluding hydrogens is 402 g/mol. The van der Waals surface area contributed by atoms with E-state index >= 15 is 0 Å². The van der Waals surface area contributed by atoms with Crippen LogP contribution in [0.4, 0.5) is 5.69 Å². The Kier molecular flexibility index (Phi) is 6.77. The monoisotopic (exact) mass is 419 g/mol. The van der Waals surface area contributed by atoms with E-state index in [1.54, 1.807) is 24.3 Å². The first kappa shape index (κ1) is 21.4. The Morgan fingerprint density at radius 2 is 1.86 bits per heavy atom. The summed E-state index contributed by atoms with van der Waals surface area (Å²) in [6.45, 7) is 2.98. The van der Waals surface area contributed by atoms with Gasteiger partial charge in [-0.1, -0.05) is 30.3 Å². The fourth-order valence-corrected chi connectivity index (χ4v) is 4.58. The molecule has 0 saturated heterocycles. The molecule has 0 N–H and O–H groups in total. The molecule has 146 valence electrons. The first-order valence-electron chi connectivity index (χ1n) is 8.07. The highest BCUT2D eigenvalue weighted by Crippen LogP contribution is 2.37. The lowest BCUT2D eigenvalue weighted by Crippen LogP contribution is -2.16. The quantitative estimate of drug-likeness (QED) is 0.383. The molecule has 0 bridgehead atoms. The summed E-state index contributed by atoms with van der Waals surface area (Å²) in [6, 6.07) is 8.31. The van der Waals surface area contributed by atoms with Crippen molar-refractivity contribution in [3.8, 4) is 6.07 Å². The lowest BCUT2D eigenvalue weighted by Gasteiger charge is -2.07. The number of sulfone groups is 1. The van der Waals surface area contributed by atoms with Crippen LogP contribution >= 0.6 is 11.3 Å². The second kappa shape index (κ2) is 8.86. The van der Waals surface area contributed by atoms with Crippen LogP contribution in [0, 0.1) is 11.3 Å². The largest absolute Gasteiger partial charge is 0.465 e. The smallest absolute Gasteiger partial charge is 0.350 e. The van der Waals surface area contributed by atoms with E-state index in [-0.39, 0.29) is 21.0 Å². The van der Waals surface area contributed by atoms with Gasteiger partial charge in [0.05, 0.1) is 18.4 Å². The minimum Gasteiger partial charge on any atom is -0.465 e. The Morgan fingerprint density at radius 1 is 1.21 bits per heavy atom. The molecule has 2 rings (SSSR count). The second-order valence-electron chi connectivity index (χ2n) is 5.84. The molecule has 1 heterocycles. The van der Waals surface area contributed by atoms with Gasteiger partial charge in [0.25, 0.3) is 0 Å². The number of esters is 1. The van der Waals surface area contributed by atoms with Crippen molar-refractivity contribution in [1.82, 2.24) is 0 Å². The van der Waals surface area contributed by atoms with Gasteiger partial charge < -0.3 is 4.74 Å². The van der Waals surface area contributed by atoms with E-state index in [4.69, 9.17) is 0 Å². The van der Waals surface area contributed by atoms with Crippen molar-refractivity contribution in [3.05, 3.63) is 46.2 Å². The average molecular weight is 419 g/mol. The summed E-state index contributed by atoms with van der Waals surface area (Å²) in [5.41, 5.74) is 0.0354. The van der Waals surface area contributed by atoms with E-state index in [9.17, 15) is 23.3 Å². The zero-order valence-electron chi connectivity index (χ0n) is 15.3. The predicted octanol–water partition coefficient (Wildman–Crippen LogP) is 3.58. The minimum atomic E-state index is -3.77. The van der Waals surface area contributed by atoms with Crippen molar-refractivity contribution in [2.75, 3.05) is 7.11 Å². The van der Waals surface area contributed by atoms with E-state index in [1.165, 1.54) is 31.4 Å². The summed E-state index contributed by atoms with van der Waals surface area (Å²) in [5.74, 6) is -1.37. The van der Waals surface area contributed by atoms with Crippen LogP contribution in [0.1, 0.15) is 33.9 Å².